The second-order valence-corrected chi connectivity index (χ2v) is 5.41. The van der Waals surface area contributed by atoms with Crippen molar-refractivity contribution in [3.63, 3.8) is 0 Å². The van der Waals surface area contributed by atoms with Crippen LogP contribution < -0.4 is 5.32 Å². The molecule has 1 aromatic heterocycles. The molecule has 0 amide bonds. The van der Waals surface area contributed by atoms with Crippen LogP contribution in [0.25, 0.3) is 0 Å². The van der Waals surface area contributed by atoms with Crippen molar-refractivity contribution in [3.8, 4) is 0 Å². The van der Waals surface area contributed by atoms with Gasteiger partial charge in [0.15, 0.2) is 0 Å². The first-order chi connectivity index (χ1) is 8.17. The first-order valence-corrected chi connectivity index (χ1v) is 7.28. The first-order valence-electron chi connectivity index (χ1n) is 6.12. The zero-order valence-electron chi connectivity index (χ0n) is 10.7. The van der Waals surface area contributed by atoms with Gasteiger partial charge in [0.1, 0.15) is 5.82 Å². The lowest BCUT2D eigenvalue weighted by molar-refractivity contribution is 0.460. The van der Waals surface area contributed by atoms with E-state index in [0.29, 0.717) is 6.04 Å². The molecule has 0 saturated carbocycles. The van der Waals surface area contributed by atoms with E-state index in [-0.39, 0.29) is 11.9 Å². The molecule has 2 nitrogen and oxygen atoms in total. The van der Waals surface area contributed by atoms with E-state index < -0.39 is 0 Å². The van der Waals surface area contributed by atoms with Crippen LogP contribution in [0, 0.1) is 5.82 Å². The topological polar surface area (TPSA) is 24.9 Å². The summed E-state index contributed by atoms with van der Waals surface area (Å²) in [6, 6.07) is 3.88. The fourth-order valence-electron chi connectivity index (χ4n) is 1.69. The van der Waals surface area contributed by atoms with Gasteiger partial charge < -0.3 is 5.32 Å². The Hall–Kier alpha value is -0.610. The van der Waals surface area contributed by atoms with Crippen LogP contribution in [-0.4, -0.2) is 22.5 Å². The van der Waals surface area contributed by atoms with Crippen LogP contribution in [0.15, 0.2) is 18.3 Å². The Bertz CT molecular complexity index is 316. The summed E-state index contributed by atoms with van der Waals surface area (Å²) in [5.41, 5.74) is 0.919. The summed E-state index contributed by atoms with van der Waals surface area (Å²) in [6.45, 7) is 6.45. The van der Waals surface area contributed by atoms with Crippen LogP contribution in [0.5, 0.6) is 0 Å². The summed E-state index contributed by atoms with van der Waals surface area (Å²) >= 11 is 1.92. The minimum Gasteiger partial charge on any atom is -0.305 e. The lowest BCUT2D eigenvalue weighted by Gasteiger charge is -2.21. The van der Waals surface area contributed by atoms with Crippen LogP contribution in [-0.2, 0) is 0 Å². The van der Waals surface area contributed by atoms with Gasteiger partial charge in [0.05, 0.1) is 11.9 Å². The number of halogens is 1. The highest BCUT2D eigenvalue weighted by Gasteiger charge is 2.13. The monoisotopic (exact) mass is 256 g/mol. The van der Waals surface area contributed by atoms with Crippen molar-refractivity contribution in [1.82, 2.24) is 10.3 Å². The summed E-state index contributed by atoms with van der Waals surface area (Å²) in [5.74, 6) is 1.95. The van der Waals surface area contributed by atoms with E-state index in [9.17, 15) is 4.39 Å². The highest BCUT2D eigenvalue weighted by Crippen LogP contribution is 2.16. The maximum atomic E-state index is 12.8. The fraction of sp³-hybridized carbons (Fsp3) is 0.615. The second-order valence-electron chi connectivity index (χ2n) is 4.09. The van der Waals surface area contributed by atoms with Gasteiger partial charge in [-0.3, -0.25) is 4.98 Å². The van der Waals surface area contributed by atoms with Gasteiger partial charge >= 0.3 is 0 Å². The van der Waals surface area contributed by atoms with E-state index in [1.807, 2.05) is 11.8 Å². The zero-order chi connectivity index (χ0) is 12.7. The predicted octanol–water partition coefficient (Wildman–Crippen LogP) is 3.40. The molecule has 0 radical (unpaired) electrons. The van der Waals surface area contributed by atoms with Gasteiger partial charge in [0.2, 0.25) is 0 Å². The zero-order valence-corrected chi connectivity index (χ0v) is 11.6. The van der Waals surface area contributed by atoms with E-state index in [0.717, 1.165) is 23.6 Å². The van der Waals surface area contributed by atoms with Crippen molar-refractivity contribution in [3.05, 3.63) is 29.8 Å². The summed E-state index contributed by atoms with van der Waals surface area (Å²) in [4.78, 5) is 4.14. The largest absolute Gasteiger partial charge is 0.305 e. The molecular formula is C13H21FN2S. The van der Waals surface area contributed by atoms with E-state index in [4.69, 9.17) is 0 Å². The van der Waals surface area contributed by atoms with Crippen LogP contribution in [0.4, 0.5) is 4.39 Å². The third kappa shape index (κ3) is 5.04. The van der Waals surface area contributed by atoms with E-state index in [1.54, 1.807) is 6.07 Å². The average molecular weight is 256 g/mol. The van der Waals surface area contributed by atoms with Gasteiger partial charge in [-0.25, -0.2) is 4.39 Å². The second kappa shape index (κ2) is 7.67. The molecule has 4 heteroatoms. The molecule has 0 aromatic carbocycles. The number of hydrogen-bond acceptors (Lipinski definition) is 3. The number of hydrogen-bond donors (Lipinski definition) is 1. The number of pyridine rings is 1. The lowest BCUT2D eigenvalue weighted by atomic mass is 10.1. The maximum Gasteiger partial charge on any atom is 0.141 e. The Morgan fingerprint density at radius 2 is 2.18 bits per heavy atom. The molecule has 1 rings (SSSR count). The van der Waals surface area contributed by atoms with E-state index >= 15 is 0 Å². The first kappa shape index (κ1) is 14.5. The lowest BCUT2D eigenvalue weighted by Crippen LogP contribution is -2.32. The number of nitrogens with one attached hydrogen (secondary N) is 1. The van der Waals surface area contributed by atoms with Gasteiger partial charge in [-0.05, 0) is 31.2 Å². The van der Waals surface area contributed by atoms with Crippen molar-refractivity contribution < 1.29 is 4.39 Å². The van der Waals surface area contributed by atoms with Crippen molar-refractivity contribution in [1.29, 1.82) is 0 Å². The number of aromatic nitrogens is 1. The Labute approximate surface area is 107 Å². The molecule has 1 N–H and O–H groups in total. The Morgan fingerprint density at radius 3 is 2.71 bits per heavy atom. The SMILES string of the molecule is CCSCC(C)NC(CC)c1ccc(F)cn1. The van der Waals surface area contributed by atoms with Crippen molar-refractivity contribution >= 4 is 11.8 Å². The van der Waals surface area contributed by atoms with E-state index in [1.165, 1.54) is 12.3 Å². The molecule has 0 aliphatic carbocycles. The predicted molar refractivity (Wildman–Crippen MR) is 72.8 cm³/mol. The maximum absolute atomic E-state index is 12.8. The fourth-order valence-corrected chi connectivity index (χ4v) is 2.38. The summed E-state index contributed by atoms with van der Waals surface area (Å²) in [7, 11) is 0. The molecule has 2 atom stereocenters. The van der Waals surface area contributed by atoms with Crippen LogP contribution >= 0.6 is 11.8 Å². The molecule has 0 aliphatic heterocycles. The van der Waals surface area contributed by atoms with Gasteiger partial charge in [0, 0.05) is 17.8 Å². The highest BCUT2D eigenvalue weighted by atomic mass is 32.2. The van der Waals surface area contributed by atoms with Crippen molar-refractivity contribution in [2.45, 2.75) is 39.3 Å². The number of thioether (sulfide) groups is 1. The quantitative estimate of drug-likeness (QED) is 0.809. The van der Waals surface area contributed by atoms with Crippen LogP contribution in [0.3, 0.4) is 0 Å². The highest BCUT2D eigenvalue weighted by molar-refractivity contribution is 7.99. The van der Waals surface area contributed by atoms with Crippen molar-refractivity contribution in [2.75, 3.05) is 11.5 Å². The molecule has 0 bridgehead atoms. The molecule has 1 heterocycles. The van der Waals surface area contributed by atoms with E-state index in [2.05, 4.69) is 31.1 Å². The molecular weight excluding hydrogens is 235 g/mol. The summed E-state index contributed by atoms with van der Waals surface area (Å²) < 4.78 is 12.8. The van der Waals surface area contributed by atoms with Crippen LogP contribution in [0.1, 0.15) is 38.9 Å². The third-order valence-electron chi connectivity index (χ3n) is 2.57. The molecule has 17 heavy (non-hydrogen) atoms. The summed E-state index contributed by atoms with van der Waals surface area (Å²) in [5, 5.41) is 3.53. The van der Waals surface area contributed by atoms with Gasteiger partial charge in [0.25, 0.3) is 0 Å². The molecule has 0 fully saturated rings. The minimum atomic E-state index is -0.279. The number of nitrogens with zero attached hydrogens (tertiary/aromatic N) is 1. The molecule has 1 aromatic rings. The molecule has 0 aliphatic rings. The Morgan fingerprint density at radius 1 is 1.41 bits per heavy atom. The van der Waals surface area contributed by atoms with Gasteiger partial charge in [-0.1, -0.05) is 13.8 Å². The van der Waals surface area contributed by atoms with Crippen LogP contribution in [0.2, 0.25) is 0 Å². The number of rotatable bonds is 7. The minimum absolute atomic E-state index is 0.211. The summed E-state index contributed by atoms with van der Waals surface area (Å²) in [6.07, 6.45) is 2.24. The standard InChI is InChI=1S/C13H21FN2S/c1-4-12(16-10(3)9-17-5-2)13-7-6-11(14)8-15-13/h6-8,10,12,16H,4-5,9H2,1-3H3. The van der Waals surface area contributed by atoms with Gasteiger partial charge in [-0.2, -0.15) is 11.8 Å². The van der Waals surface area contributed by atoms with Gasteiger partial charge in [-0.15, -0.1) is 0 Å². The normalized spacial score (nSPS) is 14.6. The Kier molecular flexibility index (Phi) is 6.52. The smallest absolute Gasteiger partial charge is 0.141 e. The molecule has 96 valence electrons. The third-order valence-corrected chi connectivity index (χ3v) is 3.72. The molecule has 2 unspecified atom stereocenters. The molecule has 0 saturated heterocycles. The Balaban J connectivity index is 2.56. The average Bonchev–Trinajstić information content (AvgIpc) is 2.34. The molecule has 0 spiro atoms. The van der Waals surface area contributed by atoms with Crippen molar-refractivity contribution in [2.24, 2.45) is 0 Å².